The molecule has 2 aliphatic rings. The van der Waals surface area contributed by atoms with E-state index in [1.807, 2.05) is 16.9 Å². The Labute approximate surface area is 114 Å². The van der Waals surface area contributed by atoms with Crippen LogP contribution in [0.1, 0.15) is 44.9 Å². The van der Waals surface area contributed by atoms with Crippen LogP contribution in [0, 0.1) is 11.8 Å². The van der Waals surface area contributed by atoms with Gasteiger partial charge in [-0.05, 0) is 43.6 Å². The van der Waals surface area contributed by atoms with Crippen LogP contribution < -0.4 is 5.32 Å². The van der Waals surface area contributed by atoms with E-state index in [2.05, 4.69) is 10.4 Å². The Morgan fingerprint density at radius 1 is 1.32 bits per heavy atom. The molecule has 104 valence electrons. The second-order valence-electron chi connectivity index (χ2n) is 5.98. The molecule has 0 saturated heterocycles. The fraction of sp³-hybridized carbons (Fsp3) is 0.733. The molecular formula is C15H23N3O. The van der Waals surface area contributed by atoms with E-state index < -0.39 is 0 Å². The lowest BCUT2D eigenvalue weighted by Crippen LogP contribution is -2.37. The van der Waals surface area contributed by atoms with Gasteiger partial charge in [0.15, 0.2) is 0 Å². The molecule has 1 heterocycles. The number of hydrogen-bond acceptors (Lipinski definition) is 2. The molecule has 4 nitrogen and oxygen atoms in total. The molecule has 1 aromatic heterocycles. The number of aromatic nitrogens is 2. The number of nitrogens with zero attached hydrogens (tertiary/aromatic N) is 2. The van der Waals surface area contributed by atoms with E-state index in [0.29, 0.717) is 12.5 Å². The van der Waals surface area contributed by atoms with Crippen molar-refractivity contribution in [1.29, 1.82) is 0 Å². The molecule has 0 aromatic carbocycles. The van der Waals surface area contributed by atoms with Crippen molar-refractivity contribution in [3.8, 4) is 0 Å². The highest BCUT2D eigenvalue weighted by Crippen LogP contribution is 2.43. The molecule has 0 aliphatic heterocycles. The summed E-state index contributed by atoms with van der Waals surface area (Å²) >= 11 is 0. The maximum atomic E-state index is 12.0. The monoisotopic (exact) mass is 261 g/mol. The Balaban J connectivity index is 1.39. The molecule has 2 aliphatic carbocycles. The van der Waals surface area contributed by atoms with E-state index in [1.54, 1.807) is 6.20 Å². The minimum atomic E-state index is 0.227. The first-order chi connectivity index (χ1) is 9.33. The van der Waals surface area contributed by atoms with Crippen LogP contribution in [0.4, 0.5) is 0 Å². The first kappa shape index (κ1) is 12.7. The lowest BCUT2D eigenvalue weighted by Gasteiger charge is -2.20. The van der Waals surface area contributed by atoms with Crippen molar-refractivity contribution in [2.24, 2.45) is 11.8 Å². The van der Waals surface area contributed by atoms with Crippen LogP contribution in [0.2, 0.25) is 0 Å². The van der Waals surface area contributed by atoms with Crippen LogP contribution in [0.15, 0.2) is 18.5 Å². The van der Waals surface area contributed by atoms with Gasteiger partial charge in [0.1, 0.15) is 0 Å². The summed E-state index contributed by atoms with van der Waals surface area (Å²) in [6.45, 7) is 0.830. The number of fused-ring (bicyclic) bond motifs is 1. The van der Waals surface area contributed by atoms with E-state index in [9.17, 15) is 4.79 Å². The SMILES string of the molecule is O=C(CCCn1cccn1)N[C@@H]1CC[C@H]2CCC[C@H]21. The molecule has 0 bridgehead atoms. The average Bonchev–Trinajstić information content (AvgIpc) is 3.08. The molecule has 19 heavy (non-hydrogen) atoms. The minimum Gasteiger partial charge on any atom is -0.353 e. The van der Waals surface area contributed by atoms with Gasteiger partial charge in [-0.3, -0.25) is 9.48 Å². The molecule has 3 rings (SSSR count). The molecule has 1 N–H and O–H groups in total. The Morgan fingerprint density at radius 3 is 3.11 bits per heavy atom. The van der Waals surface area contributed by atoms with Crippen LogP contribution in [-0.4, -0.2) is 21.7 Å². The highest BCUT2D eigenvalue weighted by molar-refractivity contribution is 5.76. The molecule has 2 saturated carbocycles. The normalized spacial score (nSPS) is 29.4. The summed E-state index contributed by atoms with van der Waals surface area (Å²) in [5, 5.41) is 7.41. The van der Waals surface area contributed by atoms with Crippen molar-refractivity contribution in [3.63, 3.8) is 0 Å². The smallest absolute Gasteiger partial charge is 0.220 e. The highest BCUT2D eigenvalue weighted by Gasteiger charge is 2.39. The number of carbonyl (C=O) groups is 1. The fourth-order valence-electron chi connectivity index (χ4n) is 3.85. The molecule has 1 aromatic rings. The predicted octanol–water partition coefficient (Wildman–Crippen LogP) is 2.36. The number of amides is 1. The topological polar surface area (TPSA) is 46.9 Å². The predicted molar refractivity (Wildman–Crippen MR) is 73.5 cm³/mol. The van der Waals surface area contributed by atoms with Crippen molar-refractivity contribution in [1.82, 2.24) is 15.1 Å². The van der Waals surface area contributed by atoms with Gasteiger partial charge in [0.2, 0.25) is 5.91 Å². The van der Waals surface area contributed by atoms with Gasteiger partial charge in [0.25, 0.3) is 0 Å². The summed E-state index contributed by atoms with van der Waals surface area (Å²) in [7, 11) is 0. The Kier molecular flexibility index (Phi) is 3.85. The zero-order valence-corrected chi connectivity index (χ0v) is 11.4. The molecule has 0 spiro atoms. The Bertz CT molecular complexity index is 415. The van der Waals surface area contributed by atoms with E-state index in [1.165, 1.54) is 32.1 Å². The minimum absolute atomic E-state index is 0.227. The number of hydrogen-bond donors (Lipinski definition) is 1. The van der Waals surface area contributed by atoms with Gasteiger partial charge in [-0.15, -0.1) is 0 Å². The second kappa shape index (κ2) is 5.76. The van der Waals surface area contributed by atoms with Crippen LogP contribution in [0.5, 0.6) is 0 Å². The summed E-state index contributed by atoms with van der Waals surface area (Å²) in [6.07, 6.45) is 11.8. The standard InChI is InChI=1S/C15H23N3O/c19-15(6-2-10-18-11-3-9-16-18)17-14-8-7-12-4-1-5-13(12)14/h3,9,11-14H,1-2,4-8,10H2,(H,17,19)/t12-,13-,14-/m1/s1. The molecule has 3 atom stereocenters. The van der Waals surface area contributed by atoms with Gasteiger partial charge in [0.05, 0.1) is 0 Å². The number of carbonyl (C=O) groups excluding carboxylic acids is 1. The zero-order valence-electron chi connectivity index (χ0n) is 11.4. The third-order valence-corrected chi connectivity index (χ3v) is 4.78. The van der Waals surface area contributed by atoms with E-state index in [0.717, 1.165) is 24.8 Å². The molecule has 4 heteroatoms. The van der Waals surface area contributed by atoms with Crippen molar-refractivity contribution in [2.45, 2.75) is 57.5 Å². The van der Waals surface area contributed by atoms with Gasteiger partial charge in [-0.25, -0.2) is 0 Å². The van der Waals surface area contributed by atoms with Crippen molar-refractivity contribution < 1.29 is 4.79 Å². The van der Waals surface area contributed by atoms with Crippen molar-refractivity contribution in [2.75, 3.05) is 0 Å². The third-order valence-electron chi connectivity index (χ3n) is 4.78. The van der Waals surface area contributed by atoms with Crippen molar-refractivity contribution >= 4 is 5.91 Å². The molecular weight excluding hydrogens is 238 g/mol. The van der Waals surface area contributed by atoms with Crippen LogP contribution in [0.3, 0.4) is 0 Å². The Morgan fingerprint density at radius 2 is 2.26 bits per heavy atom. The van der Waals surface area contributed by atoms with Crippen LogP contribution in [-0.2, 0) is 11.3 Å². The van der Waals surface area contributed by atoms with E-state index >= 15 is 0 Å². The number of rotatable bonds is 5. The summed E-state index contributed by atoms with van der Waals surface area (Å²) in [5.41, 5.74) is 0. The van der Waals surface area contributed by atoms with Crippen LogP contribution in [0.25, 0.3) is 0 Å². The zero-order chi connectivity index (χ0) is 13.1. The van der Waals surface area contributed by atoms with Gasteiger partial charge < -0.3 is 5.32 Å². The van der Waals surface area contributed by atoms with E-state index in [-0.39, 0.29) is 5.91 Å². The molecule has 2 fully saturated rings. The van der Waals surface area contributed by atoms with Gasteiger partial charge in [0, 0.05) is 31.4 Å². The molecule has 0 radical (unpaired) electrons. The molecule has 1 amide bonds. The number of nitrogens with one attached hydrogen (secondary N) is 1. The number of aryl methyl sites for hydroxylation is 1. The summed E-state index contributed by atoms with van der Waals surface area (Å²) in [4.78, 5) is 12.0. The fourth-order valence-corrected chi connectivity index (χ4v) is 3.85. The highest BCUT2D eigenvalue weighted by atomic mass is 16.1. The van der Waals surface area contributed by atoms with Gasteiger partial charge in [-0.2, -0.15) is 5.10 Å². The maximum Gasteiger partial charge on any atom is 0.220 e. The lowest BCUT2D eigenvalue weighted by atomic mass is 9.97. The first-order valence-corrected chi connectivity index (χ1v) is 7.60. The van der Waals surface area contributed by atoms with Crippen molar-refractivity contribution in [3.05, 3.63) is 18.5 Å². The Hall–Kier alpha value is -1.32. The summed E-state index contributed by atoms with van der Waals surface area (Å²) in [5.74, 6) is 1.90. The van der Waals surface area contributed by atoms with Gasteiger partial charge >= 0.3 is 0 Å². The lowest BCUT2D eigenvalue weighted by molar-refractivity contribution is -0.122. The van der Waals surface area contributed by atoms with Crippen LogP contribution >= 0.6 is 0 Å². The largest absolute Gasteiger partial charge is 0.353 e. The first-order valence-electron chi connectivity index (χ1n) is 7.60. The summed E-state index contributed by atoms with van der Waals surface area (Å²) < 4.78 is 1.88. The molecule has 0 unspecified atom stereocenters. The summed E-state index contributed by atoms with van der Waals surface area (Å²) in [6, 6.07) is 2.38. The maximum absolute atomic E-state index is 12.0. The van der Waals surface area contributed by atoms with Gasteiger partial charge in [-0.1, -0.05) is 12.8 Å². The quantitative estimate of drug-likeness (QED) is 0.884. The van der Waals surface area contributed by atoms with E-state index in [4.69, 9.17) is 0 Å². The average molecular weight is 261 g/mol. The third kappa shape index (κ3) is 2.99. The second-order valence-corrected chi connectivity index (χ2v) is 5.98.